The molecule has 0 bridgehead atoms. The number of carbonyl (C=O) groups is 1. The van der Waals surface area contributed by atoms with Gasteiger partial charge in [-0.15, -0.1) is 0 Å². The van der Waals surface area contributed by atoms with Crippen LogP contribution in [-0.2, 0) is 17.9 Å². The van der Waals surface area contributed by atoms with Crippen LogP contribution in [0.5, 0.6) is 0 Å². The van der Waals surface area contributed by atoms with Crippen molar-refractivity contribution in [3.63, 3.8) is 0 Å². The molecule has 9 heteroatoms. The van der Waals surface area contributed by atoms with E-state index >= 15 is 0 Å². The van der Waals surface area contributed by atoms with Gasteiger partial charge in [0.2, 0.25) is 5.91 Å². The first-order valence-electron chi connectivity index (χ1n) is 9.90. The molecule has 4 rings (SSSR count). The van der Waals surface area contributed by atoms with Crippen molar-refractivity contribution in [3.05, 3.63) is 98.2 Å². The second kappa shape index (κ2) is 8.54. The molecule has 0 saturated heterocycles. The standard InChI is InChI=1S/C23H20FN5O3/c1-14-4-3-5-15(2)19(14)27-18(30)13-28-21-20(25-10-11-26-21)22(31)29(23(28)32)12-16-6-8-17(24)9-7-16/h3-11H,12-13H2,1-2H3,(H,27,30). The number of aryl methyl sites for hydroxylation is 2. The third-order valence-corrected chi connectivity index (χ3v) is 5.15. The molecule has 2 aromatic carbocycles. The molecule has 4 aromatic rings. The molecule has 0 saturated carbocycles. The number of fused-ring (bicyclic) bond motifs is 1. The summed E-state index contributed by atoms with van der Waals surface area (Å²) in [7, 11) is 0. The number of anilines is 1. The minimum Gasteiger partial charge on any atom is -0.324 e. The zero-order valence-corrected chi connectivity index (χ0v) is 17.5. The predicted octanol–water partition coefficient (Wildman–Crippen LogP) is 2.40. The summed E-state index contributed by atoms with van der Waals surface area (Å²) in [6.45, 7) is 3.30. The number of halogens is 1. The summed E-state index contributed by atoms with van der Waals surface area (Å²) in [5.41, 5.74) is 1.65. The fraction of sp³-hybridized carbons (Fsp3) is 0.174. The maximum atomic E-state index is 13.2. The number of para-hydroxylation sites is 1. The number of nitrogens with one attached hydrogen (secondary N) is 1. The molecule has 2 heterocycles. The zero-order valence-electron chi connectivity index (χ0n) is 17.5. The first-order chi connectivity index (χ1) is 15.3. The lowest BCUT2D eigenvalue weighted by atomic mass is 10.1. The average Bonchev–Trinajstić information content (AvgIpc) is 2.78. The normalized spacial score (nSPS) is 11.0. The van der Waals surface area contributed by atoms with Crippen LogP contribution in [-0.4, -0.2) is 25.0 Å². The fourth-order valence-electron chi connectivity index (χ4n) is 3.52. The fourth-order valence-corrected chi connectivity index (χ4v) is 3.52. The van der Waals surface area contributed by atoms with Crippen LogP contribution in [0, 0.1) is 19.7 Å². The highest BCUT2D eigenvalue weighted by Crippen LogP contribution is 2.19. The van der Waals surface area contributed by atoms with Crippen molar-refractivity contribution in [2.75, 3.05) is 5.32 Å². The molecule has 1 amide bonds. The van der Waals surface area contributed by atoms with Gasteiger partial charge in [-0.2, -0.15) is 0 Å². The Kier molecular flexibility index (Phi) is 5.63. The van der Waals surface area contributed by atoms with Crippen LogP contribution in [0.3, 0.4) is 0 Å². The van der Waals surface area contributed by atoms with E-state index < -0.39 is 23.0 Å². The Morgan fingerprint density at radius 2 is 1.62 bits per heavy atom. The second-order valence-electron chi connectivity index (χ2n) is 7.43. The van der Waals surface area contributed by atoms with Crippen molar-refractivity contribution in [3.8, 4) is 0 Å². The van der Waals surface area contributed by atoms with Gasteiger partial charge in [-0.3, -0.25) is 18.7 Å². The molecule has 0 aliphatic carbocycles. The second-order valence-corrected chi connectivity index (χ2v) is 7.43. The van der Waals surface area contributed by atoms with Gasteiger partial charge in [-0.25, -0.2) is 19.2 Å². The number of hydrogen-bond acceptors (Lipinski definition) is 5. The number of rotatable bonds is 5. The molecular formula is C23H20FN5O3. The molecule has 0 aliphatic rings. The van der Waals surface area contributed by atoms with Crippen molar-refractivity contribution in [1.29, 1.82) is 0 Å². The van der Waals surface area contributed by atoms with Crippen molar-refractivity contribution in [2.45, 2.75) is 26.9 Å². The van der Waals surface area contributed by atoms with Gasteiger partial charge in [0.15, 0.2) is 11.2 Å². The van der Waals surface area contributed by atoms with Crippen molar-refractivity contribution >= 4 is 22.8 Å². The molecular weight excluding hydrogens is 413 g/mol. The first-order valence-corrected chi connectivity index (χ1v) is 9.90. The zero-order chi connectivity index (χ0) is 22.8. The van der Waals surface area contributed by atoms with E-state index in [9.17, 15) is 18.8 Å². The lowest BCUT2D eigenvalue weighted by Gasteiger charge is -2.15. The molecule has 0 spiro atoms. The quantitative estimate of drug-likeness (QED) is 0.521. The summed E-state index contributed by atoms with van der Waals surface area (Å²) >= 11 is 0. The van der Waals surface area contributed by atoms with Gasteiger partial charge in [0, 0.05) is 18.1 Å². The summed E-state index contributed by atoms with van der Waals surface area (Å²) in [4.78, 5) is 47.1. The van der Waals surface area contributed by atoms with E-state index in [4.69, 9.17) is 0 Å². The molecule has 162 valence electrons. The van der Waals surface area contributed by atoms with Gasteiger partial charge < -0.3 is 5.32 Å². The Balaban J connectivity index is 1.76. The number of nitrogens with zero attached hydrogens (tertiary/aromatic N) is 4. The van der Waals surface area contributed by atoms with Crippen LogP contribution in [0.25, 0.3) is 11.2 Å². The molecule has 0 fully saturated rings. The minimum absolute atomic E-state index is 0.0227. The van der Waals surface area contributed by atoms with Gasteiger partial charge in [0.05, 0.1) is 6.54 Å². The van der Waals surface area contributed by atoms with Crippen molar-refractivity contribution < 1.29 is 9.18 Å². The highest BCUT2D eigenvalue weighted by Gasteiger charge is 2.18. The Bertz CT molecular complexity index is 1420. The largest absolute Gasteiger partial charge is 0.333 e. The summed E-state index contributed by atoms with van der Waals surface area (Å²) in [6, 6.07) is 11.1. The molecule has 0 radical (unpaired) electrons. The third-order valence-electron chi connectivity index (χ3n) is 5.15. The molecule has 0 atom stereocenters. The maximum absolute atomic E-state index is 13.2. The van der Waals surface area contributed by atoms with Gasteiger partial charge in [-0.1, -0.05) is 30.3 Å². The van der Waals surface area contributed by atoms with E-state index in [0.717, 1.165) is 20.3 Å². The van der Waals surface area contributed by atoms with Crippen LogP contribution in [0.4, 0.5) is 10.1 Å². The minimum atomic E-state index is -0.705. The summed E-state index contributed by atoms with van der Waals surface area (Å²) in [6.07, 6.45) is 2.70. The van der Waals surface area contributed by atoms with E-state index in [0.29, 0.717) is 11.3 Å². The summed E-state index contributed by atoms with van der Waals surface area (Å²) in [5.74, 6) is -0.866. The van der Waals surface area contributed by atoms with E-state index in [1.807, 2.05) is 32.0 Å². The maximum Gasteiger partial charge on any atom is 0.333 e. The monoisotopic (exact) mass is 433 g/mol. The van der Waals surface area contributed by atoms with Crippen LogP contribution in [0.1, 0.15) is 16.7 Å². The molecule has 1 N–H and O–H groups in total. The predicted molar refractivity (Wildman–Crippen MR) is 118 cm³/mol. The Labute approximate surface area is 182 Å². The highest BCUT2D eigenvalue weighted by atomic mass is 19.1. The van der Waals surface area contributed by atoms with Crippen LogP contribution >= 0.6 is 0 Å². The summed E-state index contributed by atoms with van der Waals surface area (Å²) < 4.78 is 15.3. The van der Waals surface area contributed by atoms with Gasteiger partial charge in [-0.05, 0) is 42.7 Å². The van der Waals surface area contributed by atoms with E-state index in [1.165, 1.54) is 36.7 Å². The van der Waals surface area contributed by atoms with Crippen LogP contribution in [0.15, 0.2) is 64.4 Å². The summed E-state index contributed by atoms with van der Waals surface area (Å²) in [5, 5.41) is 2.83. The molecule has 2 aromatic heterocycles. The Hall–Kier alpha value is -4.14. The molecule has 0 aliphatic heterocycles. The number of amides is 1. The highest BCUT2D eigenvalue weighted by molar-refractivity contribution is 5.92. The van der Waals surface area contributed by atoms with Crippen LogP contribution < -0.4 is 16.6 Å². The number of carbonyl (C=O) groups excluding carboxylic acids is 1. The Morgan fingerprint density at radius 1 is 0.969 bits per heavy atom. The number of hydrogen-bond donors (Lipinski definition) is 1. The third kappa shape index (κ3) is 4.04. The molecule has 0 unspecified atom stereocenters. The first kappa shape index (κ1) is 21.1. The average molecular weight is 433 g/mol. The SMILES string of the molecule is Cc1cccc(C)c1NC(=O)Cn1c(=O)n(Cc2ccc(F)cc2)c(=O)c2nccnc21. The smallest absolute Gasteiger partial charge is 0.324 e. The lowest BCUT2D eigenvalue weighted by Crippen LogP contribution is -2.42. The van der Waals surface area contributed by atoms with Gasteiger partial charge >= 0.3 is 5.69 Å². The molecule has 32 heavy (non-hydrogen) atoms. The number of aromatic nitrogens is 4. The van der Waals surface area contributed by atoms with E-state index in [1.54, 1.807) is 0 Å². The van der Waals surface area contributed by atoms with Crippen molar-refractivity contribution in [2.24, 2.45) is 0 Å². The van der Waals surface area contributed by atoms with Crippen molar-refractivity contribution in [1.82, 2.24) is 19.1 Å². The van der Waals surface area contributed by atoms with Gasteiger partial charge in [0.25, 0.3) is 5.56 Å². The number of benzene rings is 2. The van der Waals surface area contributed by atoms with Crippen LogP contribution in [0.2, 0.25) is 0 Å². The molecule has 8 nitrogen and oxygen atoms in total. The van der Waals surface area contributed by atoms with Gasteiger partial charge in [0.1, 0.15) is 12.4 Å². The van der Waals surface area contributed by atoms with E-state index in [-0.39, 0.29) is 24.3 Å². The lowest BCUT2D eigenvalue weighted by molar-refractivity contribution is -0.116. The topological polar surface area (TPSA) is 98.9 Å². The Morgan fingerprint density at radius 3 is 2.31 bits per heavy atom. The van der Waals surface area contributed by atoms with E-state index in [2.05, 4.69) is 15.3 Å².